The third-order valence-electron chi connectivity index (χ3n) is 4.61. The fourth-order valence-corrected chi connectivity index (χ4v) is 3.12. The van der Waals surface area contributed by atoms with Crippen LogP contribution in [-0.4, -0.2) is 23.6 Å². The minimum Gasteiger partial charge on any atom is -0.507 e. The number of anilines is 1. The molecule has 5 nitrogen and oxygen atoms in total. The summed E-state index contributed by atoms with van der Waals surface area (Å²) in [5.41, 5.74) is 2.74. The first kappa shape index (κ1) is 19.4. The van der Waals surface area contributed by atoms with E-state index in [-0.39, 0.29) is 17.2 Å². The SMILES string of the molecule is Cc1cccc(C(C)C)c1NC(=O)COC(=O)c1cc2ccccc2cc1O. The zero-order chi connectivity index (χ0) is 20.3. The highest BCUT2D eigenvalue weighted by atomic mass is 16.5. The van der Waals surface area contributed by atoms with Crippen molar-refractivity contribution in [1.82, 2.24) is 0 Å². The van der Waals surface area contributed by atoms with Gasteiger partial charge in [0.05, 0.1) is 0 Å². The average Bonchev–Trinajstić information content (AvgIpc) is 2.67. The van der Waals surface area contributed by atoms with Crippen molar-refractivity contribution >= 4 is 28.3 Å². The summed E-state index contributed by atoms with van der Waals surface area (Å²) in [4.78, 5) is 24.7. The largest absolute Gasteiger partial charge is 0.507 e. The van der Waals surface area contributed by atoms with Crippen LogP contribution in [-0.2, 0) is 9.53 Å². The van der Waals surface area contributed by atoms with Crippen molar-refractivity contribution in [2.75, 3.05) is 11.9 Å². The Labute approximate surface area is 164 Å². The lowest BCUT2D eigenvalue weighted by Gasteiger charge is -2.16. The zero-order valence-corrected chi connectivity index (χ0v) is 16.2. The molecule has 3 rings (SSSR count). The van der Waals surface area contributed by atoms with E-state index in [2.05, 4.69) is 5.32 Å². The third-order valence-corrected chi connectivity index (χ3v) is 4.61. The summed E-state index contributed by atoms with van der Waals surface area (Å²) >= 11 is 0. The predicted octanol–water partition coefficient (Wildman–Crippen LogP) is 4.77. The lowest BCUT2D eigenvalue weighted by molar-refractivity contribution is -0.119. The van der Waals surface area contributed by atoms with Gasteiger partial charge in [-0.15, -0.1) is 0 Å². The van der Waals surface area contributed by atoms with Gasteiger partial charge in [-0.05, 0) is 46.9 Å². The van der Waals surface area contributed by atoms with Crippen LogP contribution < -0.4 is 5.32 Å². The number of ether oxygens (including phenoxy) is 1. The van der Waals surface area contributed by atoms with Crippen LogP contribution in [0.25, 0.3) is 10.8 Å². The number of hydrogen-bond acceptors (Lipinski definition) is 4. The fraction of sp³-hybridized carbons (Fsp3) is 0.217. The standard InChI is InChI=1S/C23H23NO4/c1-14(2)18-10-6-7-15(3)22(18)24-21(26)13-28-23(27)19-11-16-8-4-5-9-17(16)12-20(19)25/h4-12,14,25H,13H2,1-3H3,(H,24,26). The molecule has 0 radical (unpaired) electrons. The lowest BCUT2D eigenvalue weighted by atomic mass is 9.98. The Morgan fingerprint density at radius 3 is 2.39 bits per heavy atom. The van der Waals surface area contributed by atoms with Crippen LogP contribution in [0.5, 0.6) is 5.75 Å². The van der Waals surface area contributed by atoms with E-state index in [4.69, 9.17) is 4.74 Å². The van der Waals surface area contributed by atoms with E-state index in [1.807, 2.05) is 63.2 Å². The number of carbonyl (C=O) groups excluding carboxylic acids is 2. The molecule has 5 heteroatoms. The molecule has 2 N–H and O–H groups in total. The molecule has 3 aromatic carbocycles. The molecule has 0 aromatic heterocycles. The summed E-state index contributed by atoms with van der Waals surface area (Å²) in [6, 6.07) is 16.3. The van der Waals surface area contributed by atoms with Crippen LogP contribution in [0.4, 0.5) is 5.69 Å². The van der Waals surface area contributed by atoms with Crippen molar-refractivity contribution in [1.29, 1.82) is 0 Å². The van der Waals surface area contributed by atoms with Gasteiger partial charge in [-0.1, -0.05) is 56.3 Å². The molecule has 0 fully saturated rings. The minimum atomic E-state index is -0.743. The molecule has 144 valence electrons. The van der Waals surface area contributed by atoms with E-state index in [0.29, 0.717) is 0 Å². The normalized spacial score (nSPS) is 10.9. The average molecular weight is 377 g/mol. The number of aromatic hydroxyl groups is 1. The summed E-state index contributed by atoms with van der Waals surface area (Å²) in [6.45, 7) is 5.58. The van der Waals surface area contributed by atoms with Crippen LogP contribution in [0.3, 0.4) is 0 Å². The second-order valence-corrected chi connectivity index (χ2v) is 7.03. The number of carbonyl (C=O) groups is 2. The van der Waals surface area contributed by atoms with Gasteiger partial charge in [0.25, 0.3) is 5.91 Å². The van der Waals surface area contributed by atoms with Crippen molar-refractivity contribution in [3.63, 3.8) is 0 Å². The molecule has 0 spiro atoms. The van der Waals surface area contributed by atoms with Crippen molar-refractivity contribution in [3.05, 3.63) is 71.3 Å². The summed E-state index contributed by atoms with van der Waals surface area (Å²) in [7, 11) is 0. The van der Waals surface area contributed by atoms with E-state index in [1.165, 1.54) is 6.07 Å². The number of nitrogens with one attached hydrogen (secondary N) is 1. The van der Waals surface area contributed by atoms with Crippen LogP contribution >= 0.6 is 0 Å². The van der Waals surface area contributed by atoms with Gasteiger partial charge in [0.15, 0.2) is 6.61 Å². The van der Waals surface area contributed by atoms with E-state index >= 15 is 0 Å². The summed E-state index contributed by atoms with van der Waals surface area (Å²) < 4.78 is 5.12. The molecule has 0 saturated heterocycles. The molecule has 0 aliphatic rings. The van der Waals surface area contributed by atoms with Crippen LogP contribution in [0.2, 0.25) is 0 Å². The Balaban J connectivity index is 1.70. The summed E-state index contributed by atoms with van der Waals surface area (Å²) in [5.74, 6) is -1.10. The Morgan fingerprint density at radius 1 is 1.04 bits per heavy atom. The Hall–Kier alpha value is -3.34. The first-order valence-corrected chi connectivity index (χ1v) is 9.15. The maximum atomic E-state index is 12.3. The Kier molecular flexibility index (Phi) is 5.64. The van der Waals surface area contributed by atoms with Gasteiger partial charge in [0.2, 0.25) is 0 Å². The number of hydrogen-bond donors (Lipinski definition) is 2. The van der Waals surface area contributed by atoms with E-state index in [9.17, 15) is 14.7 Å². The van der Waals surface area contributed by atoms with Crippen LogP contribution in [0, 0.1) is 6.92 Å². The monoisotopic (exact) mass is 377 g/mol. The van der Waals surface area contributed by atoms with E-state index < -0.39 is 18.5 Å². The van der Waals surface area contributed by atoms with Gasteiger partial charge in [-0.3, -0.25) is 4.79 Å². The van der Waals surface area contributed by atoms with E-state index in [0.717, 1.165) is 27.6 Å². The lowest BCUT2D eigenvalue weighted by Crippen LogP contribution is -2.22. The minimum absolute atomic E-state index is 0.0326. The number of phenols is 1. The summed E-state index contributed by atoms with van der Waals surface area (Å²) in [5, 5.41) is 14.6. The van der Waals surface area contributed by atoms with Gasteiger partial charge >= 0.3 is 5.97 Å². The smallest absolute Gasteiger partial charge is 0.342 e. The van der Waals surface area contributed by atoms with E-state index in [1.54, 1.807) is 6.07 Å². The van der Waals surface area contributed by atoms with Gasteiger partial charge in [0.1, 0.15) is 11.3 Å². The molecule has 0 heterocycles. The number of aryl methyl sites for hydroxylation is 1. The first-order chi connectivity index (χ1) is 13.4. The molecule has 0 aliphatic carbocycles. The van der Waals surface area contributed by atoms with Gasteiger partial charge in [-0.2, -0.15) is 0 Å². The Bertz CT molecular complexity index is 1040. The fourth-order valence-electron chi connectivity index (χ4n) is 3.12. The molecular formula is C23H23NO4. The molecule has 1 amide bonds. The topological polar surface area (TPSA) is 75.6 Å². The number of para-hydroxylation sites is 1. The second-order valence-electron chi connectivity index (χ2n) is 7.03. The molecule has 0 aliphatic heterocycles. The number of benzene rings is 3. The molecule has 0 atom stereocenters. The van der Waals surface area contributed by atoms with Crippen molar-refractivity contribution in [2.45, 2.75) is 26.7 Å². The van der Waals surface area contributed by atoms with Crippen LogP contribution in [0.1, 0.15) is 41.3 Å². The van der Waals surface area contributed by atoms with Gasteiger partial charge in [-0.25, -0.2) is 4.79 Å². The highest BCUT2D eigenvalue weighted by Gasteiger charge is 2.17. The van der Waals surface area contributed by atoms with Crippen LogP contribution in [0.15, 0.2) is 54.6 Å². The zero-order valence-electron chi connectivity index (χ0n) is 16.2. The number of amides is 1. The third kappa shape index (κ3) is 4.14. The van der Waals surface area contributed by atoms with Crippen molar-refractivity contribution < 1.29 is 19.4 Å². The summed E-state index contributed by atoms with van der Waals surface area (Å²) in [6.07, 6.45) is 0. The molecular weight excluding hydrogens is 354 g/mol. The van der Waals surface area contributed by atoms with Crippen molar-refractivity contribution in [2.24, 2.45) is 0 Å². The quantitative estimate of drug-likeness (QED) is 0.628. The molecule has 0 saturated carbocycles. The van der Waals surface area contributed by atoms with Crippen molar-refractivity contribution in [3.8, 4) is 5.75 Å². The number of esters is 1. The molecule has 28 heavy (non-hydrogen) atoms. The van der Waals surface area contributed by atoms with Gasteiger partial charge in [0, 0.05) is 5.69 Å². The highest BCUT2D eigenvalue weighted by molar-refractivity contribution is 6.00. The highest BCUT2D eigenvalue weighted by Crippen LogP contribution is 2.28. The molecule has 3 aromatic rings. The number of fused-ring (bicyclic) bond motifs is 1. The Morgan fingerprint density at radius 2 is 1.71 bits per heavy atom. The maximum Gasteiger partial charge on any atom is 0.342 e. The number of rotatable bonds is 5. The predicted molar refractivity (Wildman–Crippen MR) is 110 cm³/mol. The maximum absolute atomic E-state index is 12.3. The van der Waals surface area contributed by atoms with Gasteiger partial charge < -0.3 is 15.2 Å². The second kappa shape index (κ2) is 8.13. The molecule has 0 unspecified atom stereocenters. The first-order valence-electron chi connectivity index (χ1n) is 9.15. The number of phenolic OH excluding ortho intramolecular Hbond substituents is 1. The molecule has 0 bridgehead atoms.